The van der Waals surface area contributed by atoms with Crippen LogP contribution in [-0.4, -0.2) is 17.0 Å². The lowest BCUT2D eigenvalue weighted by Gasteiger charge is -2.44. The summed E-state index contributed by atoms with van der Waals surface area (Å²) >= 11 is 0. The van der Waals surface area contributed by atoms with Crippen molar-refractivity contribution < 1.29 is 9.90 Å². The number of fused-ring (bicyclic) bond motifs is 1. The highest BCUT2D eigenvalue weighted by Gasteiger charge is 2.47. The van der Waals surface area contributed by atoms with E-state index in [0.717, 1.165) is 18.4 Å². The third-order valence-electron chi connectivity index (χ3n) is 3.66. The van der Waals surface area contributed by atoms with Gasteiger partial charge >= 0.3 is 0 Å². The van der Waals surface area contributed by atoms with E-state index in [0.29, 0.717) is 0 Å². The van der Waals surface area contributed by atoms with Crippen LogP contribution >= 0.6 is 0 Å². The van der Waals surface area contributed by atoms with E-state index in [4.69, 9.17) is 0 Å². The monoisotopic (exact) mass is 192 g/mol. The van der Waals surface area contributed by atoms with E-state index >= 15 is 0 Å². The topological polar surface area (TPSA) is 37.3 Å². The number of allylic oxidation sites excluding steroid dienone is 3. The second-order valence-electron chi connectivity index (χ2n) is 4.66. The molecule has 0 spiro atoms. The molecule has 0 unspecified atom stereocenters. The molecule has 3 atom stereocenters. The Kier molecular flexibility index (Phi) is 2.11. The third-order valence-corrected chi connectivity index (χ3v) is 3.66. The van der Waals surface area contributed by atoms with Crippen molar-refractivity contribution in [1.29, 1.82) is 0 Å². The van der Waals surface area contributed by atoms with Gasteiger partial charge in [0.1, 0.15) is 0 Å². The van der Waals surface area contributed by atoms with Crippen LogP contribution in [0.2, 0.25) is 0 Å². The predicted octanol–water partition coefficient (Wildman–Crippen LogP) is 1.85. The molecule has 0 heterocycles. The second kappa shape index (κ2) is 3.06. The van der Waals surface area contributed by atoms with Gasteiger partial charge in [0.05, 0.1) is 6.10 Å². The highest BCUT2D eigenvalue weighted by molar-refractivity contribution is 5.94. The molecular weight excluding hydrogens is 176 g/mol. The molecule has 14 heavy (non-hydrogen) atoms. The predicted molar refractivity (Wildman–Crippen MR) is 54.7 cm³/mol. The Morgan fingerprint density at radius 3 is 2.93 bits per heavy atom. The summed E-state index contributed by atoms with van der Waals surface area (Å²) in [7, 11) is 0. The van der Waals surface area contributed by atoms with Crippen LogP contribution in [0.4, 0.5) is 0 Å². The van der Waals surface area contributed by atoms with Crippen molar-refractivity contribution in [2.75, 3.05) is 0 Å². The fourth-order valence-corrected chi connectivity index (χ4v) is 2.65. The Morgan fingerprint density at radius 2 is 2.21 bits per heavy atom. The molecule has 2 heteroatoms. The zero-order valence-corrected chi connectivity index (χ0v) is 8.66. The van der Waals surface area contributed by atoms with E-state index in [-0.39, 0.29) is 17.1 Å². The zero-order valence-electron chi connectivity index (χ0n) is 8.66. The Bertz CT molecular complexity index is 327. The minimum absolute atomic E-state index is 0.0220. The molecule has 0 saturated heterocycles. The van der Waals surface area contributed by atoms with Gasteiger partial charge in [-0.2, -0.15) is 0 Å². The summed E-state index contributed by atoms with van der Waals surface area (Å²) < 4.78 is 0. The maximum atomic E-state index is 11.8. The van der Waals surface area contributed by atoms with Crippen LogP contribution in [0, 0.1) is 11.3 Å². The Balaban J connectivity index is 2.44. The minimum Gasteiger partial charge on any atom is -0.388 e. The van der Waals surface area contributed by atoms with Crippen LogP contribution in [0.25, 0.3) is 0 Å². The molecule has 76 valence electrons. The van der Waals surface area contributed by atoms with E-state index in [1.807, 2.05) is 19.9 Å². The first kappa shape index (κ1) is 9.66. The van der Waals surface area contributed by atoms with Crippen LogP contribution < -0.4 is 0 Å². The summed E-state index contributed by atoms with van der Waals surface area (Å²) in [6.07, 6.45) is 6.84. The molecule has 0 radical (unpaired) electrons. The number of hydrogen-bond donors (Lipinski definition) is 1. The molecule has 0 aliphatic heterocycles. The van der Waals surface area contributed by atoms with Crippen LogP contribution in [0.5, 0.6) is 0 Å². The Labute approximate surface area is 84.3 Å². The molecule has 2 aliphatic rings. The van der Waals surface area contributed by atoms with Crippen molar-refractivity contribution in [2.24, 2.45) is 11.3 Å². The average molecular weight is 192 g/mol. The number of hydrogen-bond acceptors (Lipinski definition) is 2. The van der Waals surface area contributed by atoms with E-state index in [9.17, 15) is 9.90 Å². The third kappa shape index (κ3) is 1.17. The normalized spacial score (nSPS) is 41.9. The Morgan fingerprint density at radius 1 is 1.50 bits per heavy atom. The fraction of sp³-hybridized carbons (Fsp3) is 0.583. The number of rotatable bonds is 0. The van der Waals surface area contributed by atoms with Crippen LogP contribution in [0.15, 0.2) is 23.8 Å². The Hall–Kier alpha value is -0.890. The summed E-state index contributed by atoms with van der Waals surface area (Å²) in [5.41, 5.74) is 0.536. The number of aliphatic hydroxyl groups is 1. The number of carbonyl (C=O) groups is 1. The van der Waals surface area contributed by atoms with Crippen molar-refractivity contribution in [3.05, 3.63) is 23.8 Å². The second-order valence-corrected chi connectivity index (χ2v) is 4.66. The van der Waals surface area contributed by atoms with Crippen molar-refractivity contribution in [3.63, 3.8) is 0 Å². The summed E-state index contributed by atoms with van der Waals surface area (Å²) in [6, 6.07) is 0. The van der Waals surface area contributed by atoms with Gasteiger partial charge in [0.25, 0.3) is 0 Å². The van der Waals surface area contributed by atoms with Gasteiger partial charge in [-0.25, -0.2) is 0 Å². The summed E-state index contributed by atoms with van der Waals surface area (Å²) in [5.74, 6) is 0.158. The van der Waals surface area contributed by atoms with Gasteiger partial charge in [-0.1, -0.05) is 19.1 Å². The van der Waals surface area contributed by atoms with Crippen molar-refractivity contribution in [1.82, 2.24) is 0 Å². The maximum Gasteiger partial charge on any atom is 0.159 e. The zero-order chi connectivity index (χ0) is 10.3. The highest BCUT2D eigenvalue weighted by Crippen LogP contribution is 2.46. The van der Waals surface area contributed by atoms with Gasteiger partial charge in [0.2, 0.25) is 0 Å². The molecule has 2 nitrogen and oxygen atoms in total. The summed E-state index contributed by atoms with van der Waals surface area (Å²) in [4.78, 5) is 11.8. The fourth-order valence-electron chi connectivity index (χ4n) is 2.65. The van der Waals surface area contributed by atoms with Crippen molar-refractivity contribution in [2.45, 2.75) is 32.8 Å². The van der Waals surface area contributed by atoms with Crippen LogP contribution in [-0.2, 0) is 4.79 Å². The lowest BCUT2D eigenvalue weighted by Crippen LogP contribution is -2.47. The lowest BCUT2D eigenvalue weighted by molar-refractivity contribution is -0.127. The van der Waals surface area contributed by atoms with Crippen LogP contribution in [0.3, 0.4) is 0 Å². The molecule has 0 aromatic rings. The number of ketones is 1. The highest BCUT2D eigenvalue weighted by atomic mass is 16.3. The first-order valence-corrected chi connectivity index (χ1v) is 5.11. The number of carbonyl (C=O) groups excluding carboxylic acids is 1. The molecule has 0 saturated carbocycles. The van der Waals surface area contributed by atoms with E-state index < -0.39 is 6.10 Å². The van der Waals surface area contributed by atoms with Gasteiger partial charge in [-0.05, 0) is 31.4 Å². The van der Waals surface area contributed by atoms with Gasteiger partial charge in [-0.15, -0.1) is 0 Å². The first-order chi connectivity index (χ1) is 6.55. The molecule has 0 aromatic heterocycles. The van der Waals surface area contributed by atoms with E-state index in [2.05, 4.69) is 6.08 Å². The van der Waals surface area contributed by atoms with Gasteiger partial charge in [0.15, 0.2) is 5.78 Å². The molecule has 2 aliphatic carbocycles. The molecular formula is C12H16O2. The molecule has 0 amide bonds. The molecule has 1 N–H and O–H groups in total. The minimum atomic E-state index is -0.463. The van der Waals surface area contributed by atoms with Gasteiger partial charge in [0, 0.05) is 11.3 Å². The average Bonchev–Trinajstić information content (AvgIpc) is 2.15. The quantitative estimate of drug-likeness (QED) is 0.595. The smallest absolute Gasteiger partial charge is 0.159 e. The van der Waals surface area contributed by atoms with Crippen LogP contribution in [0.1, 0.15) is 26.7 Å². The lowest BCUT2D eigenvalue weighted by atomic mass is 9.61. The van der Waals surface area contributed by atoms with E-state index in [1.165, 1.54) is 0 Å². The summed E-state index contributed by atoms with van der Waals surface area (Å²) in [5, 5.41) is 10.1. The maximum absolute atomic E-state index is 11.8. The van der Waals surface area contributed by atoms with Crippen molar-refractivity contribution in [3.8, 4) is 0 Å². The molecule has 2 rings (SSSR count). The molecule has 0 aromatic carbocycles. The standard InChI is InChI=1S/C12H16O2/c1-8-7-10(13)9-5-3-4-6-12(9,2)11(8)14/h3-4,7,9,11,14H,5-6H2,1-2H3/t9-,11+,12-/m0/s1. The van der Waals surface area contributed by atoms with Crippen molar-refractivity contribution >= 4 is 5.78 Å². The SMILES string of the molecule is CC1=CC(=O)[C@@H]2CC=CC[C@]2(C)[C@@H]1O. The first-order valence-electron chi connectivity index (χ1n) is 5.11. The molecule has 0 fully saturated rings. The molecule has 0 bridgehead atoms. The number of aliphatic hydroxyl groups excluding tert-OH is 1. The van der Waals surface area contributed by atoms with Gasteiger partial charge < -0.3 is 5.11 Å². The summed E-state index contributed by atoms with van der Waals surface area (Å²) in [6.45, 7) is 3.85. The van der Waals surface area contributed by atoms with Gasteiger partial charge in [-0.3, -0.25) is 4.79 Å². The largest absolute Gasteiger partial charge is 0.388 e. The van der Waals surface area contributed by atoms with E-state index in [1.54, 1.807) is 6.08 Å².